The van der Waals surface area contributed by atoms with Crippen molar-refractivity contribution in [3.05, 3.63) is 17.0 Å². The molecule has 0 bridgehead atoms. The Bertz CT molecular complexity index is 1130. The lowest BCUT2D eigenvalue weighted by molar-refractivity contribution is -0.0612. The average molecular weight is 496 g/mol. The van der Waals surface area contributed by atoms with E-state index in [0.717, 1.165) is 0 Å². The minimum atomic E-state index is -4.43. The lowest BCUT2D eigenvalue weighted by Crippen LogP contribution is -2.56. The topological polar surface area (TPSA) is 174 Å². The first-order chi connectivity index (χ1) is 14.9. The summed E-state index contributed by atoms with van der Waals surface area (Å²) in [7, 11) is -4.43. The summed E-state index contributed by atoms with van der Waals surface area (Å²) < 4.78 is 49.4. The van der Waals surface area contributed by atoms with E-state index in [4.69, 9.17) is 30.9 Å². The van der Waals surface area contributed by atoms with Gasteiger partial charge < -0.3 is 34.4 Å². The summed E-state index contributed by atoms with van der Waals surface area (Å²) in [6.07, 6.45) is -5.08. The van der Waals surface area contributed by atoms with Gasteiger partial charge in [-0.1, -0.05) is 11.6 Å². The van der Waals surface area contributed by atoms with Crippen molar-refractivity contribution in [3.8, 4) is 6.07 Å². The van der Waals surface area contributed by atoms with Gasteiger partial charge in [-0.05, 0) is 0 Å². The van der Waals surface area contributed by atoms with Crippen molar-refractivity contribution < 1.29 is 42.8 Å². The maximum absolute atomic E-state index is 13.4. The molecule has 2 saturated heterocycles. The van der Waals surface area contributed by atoms with Crippen LogP contribution < -0.4 is 4.90 Å². The molecule has 0 amide bonds. The highest BCUT2D eigenvalue weighted by Crippen LogP contribution is 2.41. The number of hydrogen-bond acceptors (Lipinski definition) is 9. The van der Waals surface area contributed by atoms with Crippen LogP contribution in [0.25, 0.3) is 11.2 Å². The minimum absolute atomic E-state index is 0.0206. The van der Waals surface area contributed by atoms with Gasteiger partial charge in [-0.25, -0.2) is 18.7 Å². The third-order valence-electron chi connectivity index (χ3n) is 5.06. The Hall–Kier alpha value is -1.95. The Kier molecular flexibility index (Phi) is 5.89. The van der Waals surface area contributed by atoms with Gasteiger partial charge in [0.1, 0.15) is 41.8 Å². The lowest BCUT2D eigenvalue weighted by atomic mass is 10.1. The molecule has 174 valence electrons. The van der Waals surface area contributed by atoms with Crippen molar-refractivity contribution in [1.82, 2.24) is 14.5 Å². The summed E-state index contributed by atoms with van der Waals surface area (Å²) in [5.41, 5.74) is 0.0403. The summed E-state index contributed by atoms with van der Waals surface area (Å²) in [6, 6.07) is 1.84. The van der Waals surface area contributed by atoms with Gasteiger partial charge in [0, 0.05) is 0 Å². The first kappa shape index (κ1) is 23.2. The van der Waals surface area contributed by atoms with Gasteiger partial charge in [0.05, 0.1) is 31.7 Å². The van der Waals surface area contributed by atoms with E-state index in [2.05, 4.69) is 9.97 Å². The van der Waals surface area contributed by atoms with Crippen LogP contribution in [0.3, 0.4) is 0 Å². The number of anilines is 1. The number of alkyl halides is 2. The molecule has 2 aromatic heterocycles. The van der Waals surface area contributed by atoms with E-state index in [9.17, 15) is 28.8 Å². The molecule has 16 heteroatoms. The standard InChI is InChI=1S/C16H17ClF2N5O7P/c17-13-7(1-20)10(23-3-16(18,19)4-23)9-14(22-13)24(5-21-9)15-12(26)11(25)8(31-15)2-30-6-32(27,28)29/h5,8,11-12,15,25-26H,2-4,6H2,(H2,27,28,29)/t8-,11-,12-,15-/m1/s1. The van der Waals surface area contributed by atoms with E-state index in [1.54, 1.807) is 0 Å². The van der Waals surface area contributed by atoms with Crippen LogP contribution in [0, 0.1) is 11.3 Å². The number of hydrogen-bond donors (Lipinski definition) is 4. The summed E-state index contributed by atoms with van der Waals surface area (Å²) in [5, 5.41) is 29.9. The molecule has 0 unspecified atom stereocenters. The van der Waals surface area contributed by atoms with Gasteiger partial charge in [-0.2, -0.15) is 5.26 Å². The summed E-state index contributed by atoms with van der Waals surface area (Å²) >= 11 is 6.11. The van der Waals surface area contributed by atoms with Crippen molar-refractivity contribution in [2.75, 3.05) is 30.9 Å². The predicted octanol–water partition coefficient (Wildman–Crippen LogP) is 0.183. The quantitative estimate of drug-likeness (QED) is 0.318. The van der Waals surface area contributed by atoms with E-state index in [-0.39, 0.29) is 27.6 Å². The average Bonchev–Trinajstić information content (AvgIpc) is 3.19. The number of rotatable bonds is 6. The van der Waals surface area contributed by atoms with Crippen molar-refractivity contribution in [2.24, 2.45) is 0 Å². The molecule has 4 rings (SSSR count). The number of aliphatic hydroxyl groups excluding tert-OH is 2. The number of aromatic nitrogens is 3. The fourth-order valence-electron chi connectivity index (χ4n) is 3.65. The summed E-state index contributed by atoms with van der Waals surface area (Å²) in [4.78, 5) is 27.2. The van der Waals surface area contributed by atoms with Gasteiger partial charge in [0.15, 0.2) is 17.0 Å². The Morgan fingerprint density at radius 3 is 2.66 bits per heavy atom. The molecule has 0 aliphatic carbocycles. The number of halogens is 3. The van der Waals surface area contributed by atoms with Crippen LogP contribution in [0.4, 0.5) is 14.5 Å². The van der Waals surface area contributed by atoms with Crippen LogP contribution in [0.1, 0.15) is 11.8 Å². The number of ether oxygens (including phenoxy) is 2. The number of aliphatic hydroxyl groups is 2. The van der Waals surface area contributed by atoms with E-state index in [0.29, 0.717) is 0 Å². The van der Waals surface area contributed by atoms with Gasteiger partial charge in [0.25, 0.3) is 5.92 Å². The van der Waals surface area contributed by atoms with Gasteiger partial charge in [0.2, 0.25) is 0 Å². The van der Waals surface area contributed by atoms with Gasteiger partial charge >= 0.3 is 7.60 Å². The second-order valence-electron chi connectivity index (χ2n) is 7.48. The number of pyridine rings is 1. The molecule has 4 N–H and O–H groups in total. The molecule has 4 atom stereocenters. The second-order valence-corrected chi connectivity index (χ2v) is 9.43. The molecular formula is C16H17ClF2N5O7P. The molecule has 0 saturated carbocycles. The first-order valence-electron chi connectivity index (χ1n) is 9.14. The molecule has 4 heterocycles. The van der Waals surface area contributed by atoms with Crippen molar-refractivity contribution in [1.29, 1.82) is 5.26 Å². The SMILES string of the molecule is N#Cc1c(Cl)nc2c(ncn2[C@@H]2O[C@H](COCP(=O)(O)O)[C@@H](O)[C@H]2O)c1N1CC(F)(F)C1. The molecule has 32 heavy (non-hydrogen) atoms. The Morgan fingerprint density at radius 1 is 1.38 bits per heavy atom. The van der Waals surface area contributed by atoms with Crippen molar-refractivity contribution >= 4 is 36.0 Å². The molecule has 0 radical (unpaired) electrons. The van der Waals surface area contributed by atoms with E-state index < -0.39 is 64.1 Å². The smallest absolute Gasteiger partial charge is 0.350 e. The van der Waals surface area contributed by atoms with Crippen LogP contribution in [-0.2, 0) is 14.0 Å². The van der Waals surface area contributed by atoms with Crippen LogP contribution in [0.2, 0.25) is 5.15 Å². The maximum atomic E-state index is 13.4. The van der Waals surface area contributed by atoms with Crippen LogP contribution in [-0.4, -0.2) is 84.8 Å². The Balaban J connectivity index is 1.65. The molecular weight excluding hydrogens is 479 g/mol. The number of nitrogens with zero attached hydrogens (tertiary/aromatic N) is 5. The third-order valence-corrected chi connectivity index (χ3v) is 5.86. The molecule has 2 aliphatic rings. The van der Waals surface area contributed by atoms with E-state index >= 15 is 0 Å². The monoisotopic (exact) mass is 495 g/mol. The predicted molar refractivity (Wildman–Crippen MR) is 103 cm³/mol. The summed E-state index contributed by atoms with van der Waals surface area (Å²) in [6.45, 7) is -1.69. The molecule has 0 aromatic carbocycles. The zero-order chi connectivity index (χ0) is 23.4. The number of nitriles is 1. The van der Waals surface area contributed by atoms with Gasteiger partial charge in [-0.15, -0.1) is 0 Å². The Labute approximate surface area is 183 Å². The lowest BCUT2D eigenvalue weighted by Gasteiger charge is -2.40. The largest absolute Gasteiger partial charge is 0.387 e. The van der Waals surface area contributed by atoms with Crippen LogP contribution >= 0.6 is 19.2 Å². The zero-order valence-corrected chi connectivity index (χ0v) is 17.7. The van der Waals surface area contributed by atoms with Crippen LogP contribution in [0.15, 0.2) is 6.33 Å². The highest BCUT2D eigenvalue weighted by atomic mass is 35.5. The molecule has 2 aromatic rings. The highest BCUT2D eigenvalue weighted by Gasteiger charge is 2.47. The molecule has 2 fully saturated rings. The third kappa shape index (κ3) is 4.18. The normalized spacial score (nSPS) is 27.5. The maximum Gasteiger partial charge on any atom is 0.350 e. The fourth-order valence-corrected chi connectivity index (χ4v) is 4.20. The van der Waals surface area contributed by atoms with E-state index in [1.807, 2.05) is 6.07 Å². The molecule has 0 spiro atoms. The minimum Gasteiger partial charge on any atom is -0.387 e. The van der Waals surface area contributed by atoms with Crippen molar-refractivity contribution in [2.45, 2.75) is 30.5 Å². The van der Waals surface area contributed by atoms with Gasteiger partial charge in [-0.3, -0.25) is 9.13 Å². The summed E-state index contributed by atoms with van der Waals surface area (Å²) in [5.74, 6) is -2.92. The highest BCUT2D eigenvalue weighted by molar-refractivity contribution is 7.51. The Morgan fingerprint density at radius 2 is 2.06 bits per heavy atom. The number of imidazole rings is 1. The van der Waals surface area contributed by atoms with Crippen LogP contribution in [0.5, 0.6) is 0 Å². The number of fused-ring (bicyclic) bond motifs is 1. The fraction of sp³-hybridized carbons (Fsp3) is 0.562. The zero-order valence-electron chi connectivity index (χ0n) is 16.0. The first-order valence-corrected chi connectivity index (χ1v) is 11.3. The van der Waals surface area contributed by atoms with E-state index in [1.165, 1.54) is 15.8 Å². The molecule has 2 aliphatic heterocycles. The second kappa shape index (κ2) is 8.12. The van der Waals surface area contributed by atoms with Crippen molar-refractivity contribution in [3.63, 3.8) is 0 Å². The molecule has 12 nitrogen and oxygen atoms in total.